The average molecular weight is 513 g/mol. The monoisotopic (exact) mass is 514 g/mol. The molecule has 0 atom stereocenters. The fourth-order valence-corrected chi connectivity index (χ4v) is 1.39. The van der Waals surface area contributed by atoms with Crippen molar-refractivity contribution in [3.05, 3.63) is 89.6 Å². The van der Waals surface area contributed by atoms with Crippen LogP contribution in [0, 0.1) is 35.8 Å². The molecule has 1 aliphatic carbocycles. The molecular formula is C21H40HfNSi-8. The number of hydrogen-bond acceptors (Lipinski definition) is 0. The fourth-order valence-electron chi connectivity index (χ4n) is 1.39. The Kier molecular flexibility index (Phi) is 49.4. The van der Waals surface area contributed by atoms with Crippen LogP contribution in [-0.2, 0) is 32.3 Å². The fraction of sp³-hybridized carbons (Fsp3) is 0.333. The largest absolute Gasteiger partial charge is 1.00 e. The summed E-state index contributed by atoms with van der Waals surface area (Å²) in [5.74, 6) is 0. The number of hydrogen-bond donors (Lipinski definition) is 0. The van der Waals surface area contributed by atoms with Crippen LogP contribution in [0.2, 0.25) is 13.1 Å². The molecule has 0 saturated heterocycles. The van der Waals surface area contributed by atoms with E-state index in [1.165, 1.54) is 18.4 Å². The van der Waals surface area contributed by atoms with E-state index in [0.717, 1.165) is 22.4 Å². The summed E-state index contributed by atoms with van der Waals surface area (Å²) in [5.41, 5.74) is 9.22. The smallest absolute Gasteiger partial charge is 0.0213 e. The Bertz CT molecular complexity index is 359. The zero-order chi connectivity index (χ0) is 14.3. The van der Waals surface area contributed by atoms with Crippen LogP contribution in [0.5, 0.6) is 0 Å². The van der Waals surface area contributed by atoms with Crippen molar-refractivity contribution in [1.82, 2.24) is 0 Å². The maximum Gasteiger partial charge on any atom is 0.0213 e. The molecule has 1 aromatic carbocycles. The van der Waals surface area contributed by atoms with Crippen LogP contribution in [0.4, 0.5) is 5.69 Å². The average Bonchev–Trinajstić information content (AvgIpc) is 2.98. The summed E-state index contributed by atoms with van der Waals surface area (Å²) in [4.78, 5) is 0. The molecule has 1 N–H and O–H groups in total. The maximum atomic E-state index is 7.27. The van der Waals surface area contributed by atoms with Gasteiger partial charge in [0.25, 0.3) is 0 Å². The minimum atomic E-state index is 0. The molecule has 1 aliphatic rings. The summed E-state index contributed by atoms with van der Waals surface area (Å²) < 4.78 is 0. The number of unbranched alkanes of at least 4 members (excludes halogenated alkanes) is 1. The van der Waals surface area contributed by atoms with Crippen molar-refractivity contribution in [2.75, 3.05) is 0 Å². The summed E-state index contributed by atoms with van der Waals surface area (Å²) in [6.07, 6.45) is 13.6. The van der Waals surface area contributed by atoms with Gasteiger partial charge in [0.15, 0.2) is 0 Å². The number of rotatable bonds is 3. The van der Waals surface area contributed by atoms with Crippen LogP contribution in [0.25, 0.3) is 5.73 Å². The standard InChI is InChI=1S/C10H14N.C5H5.C2H7Si.4CH3.Hf.2H/c1-2-3-4-9-5-7-10(11)8-6-9;1-2-4-5-3-1;1-3-2;;;;;;;/h5-8,11H,2-4H2,1H3;1-3H,4H2;3H,1-2H3;4*1H3;;;/q2*-1;;4*-1;;2*-1. The van der Waals surface area contributed by atoms with Crippen molar-refractivity contribution in [3.63, 3.8) is 0 Å². The molecule has 0 aliphatic heterocycles. The normalized spacial score (nSPS) is 8.96. The van der Waals surface area contributed by atoms with Crippen molar-refractivity contribution in [2.24, 2.45) is 0 Å². The summed E-state index contributed by atoms with van der Waals surface area (Å²) >= 11 is 0. The van der Waals surface area contributed by atoms with Gasteiger partial charge in [0, 0.05) is 35.4 Å². The first kappa shape index (κ1) is 38.9. The van der Waals surface area contributed by atoms with Crippen molar-refractivity contribution in [1.29, 1.82) is 0 Å². The molecule has 3 heteroatoms. The molecule has 1 aromatic rings. The van der Waals surface area contributed by atoms with E-state index < -0.39 is 0 Å². The van der Waals surface area contributed by atoms with E-state index in [1.807, 2.05) is 36.4 Å². The Hall–Kier alpha value is -0.413. The molecule has 24 heavy (non-hydrogen) atoms. The van der Waals surface area contributed by atoms with Crippen molar-refractivity contribution >= 4 is 15.2 Å². The van der Waals surface area contributed by atoms with Crippen LogP contribution in [0.15, 0.2) is 42.5 Å². The van der Waals surface area contributed by atoms with Gasteiger partial charge in [0.05, 0.1) is 0 Å². The van der Waals surface area contributed by atoms with E-state index in [-0.39, 0.29) is 58.4 Å². The second kappa shape index (κ2) is 30.5. The third-order valence-corrected chi connectivity index (χ3v) is 2.36. The Morgan fingerprint density at radius 3 is 1.88 bits per heavy atom. The van der Waals surface area contributed by atoms with Crippen LogP contribution in [-0.4, -0.2) is 9.52 Å². The van der Waals surface area contributed by atoms with E-state index in [2.05, 4.69) is 32.2 Å². The van der Waals surface area contributed by atoms with Crippen molar-refractivity contribution in [2.45, 2.75) is 45.7 Å². The molecule has 2 rings (SSSR count). The summed E-state index contributed by atoms with van der Waals surface area (Å²) in [5, 5.41) is 0. The predicted molar refractivity (Wildman–Crippen MR) is 117 cm³/mol. The van der Waals surface area contributed by atoms with E-state index in [4.69, 9.17) is 5.73 Å². The molecule has 0 heterocycles. The number of nitrogens with one attached hydrogen (secondary N) is 1. The topological polar surface area (TPSA) is 23.8 Å². The Morgan fingerprint density at radius 1 is 1.08 bits per heavy atom. The van der Waals surface area contributed by atoms with Crippen molar-refractivity contribution < 1.29 is 28.7 Å². The zero-order valence-electron chi connectivity index (χ0n) is 18.9. The van der Waals surface area contributed by atoms with Crippen LogP contribution >= 0.6 is 0 Å². The van der Waals surface area contributed by atoms with Gasteiger partial charge in [-0.3, -0.25) is 6.08 Å². The molecule has 0 aromatic heterocycles. The minimum Gasteiger partial charge on any atom is -1.00 e. The molecule has 145 valence electrons. The SMILES string of the molecule is CCCCc1ccc([NH-])cc1.C[SiH]C.[C-]1=CC=CC1.[CH3-].[CH3-].[CH3-].[CH3-].[H-].[H-].[Hf]. The molecule has 1 nitrogen and oxygen atoms in total. The number of aryl methyl sites for hydroxylation is 1. The minimum absolute atomic E-state index is 0. The van der Waals surface area contributed by atoms with Gasteiger partial charge in [0.2, 0.25) is 0 Å². The second-order valence-corrected chi connectivity index (χ2v) is 5.54. The number of benzene rings is 1. The van der Waals surface area contributed by atoms with Gasteiger partial charge >= 0.3 is 0 Å². The van der Waals surface area contributed by atoms with Gasteiger partial charge < -0.3 is 38.3 Å². The summed E-state index contributed by atoms with van der Waals surface area (Å²) in [6, 6.07) is 7.78. The van der Waals surface area contributed by atoms with Gasteiger partial charge in [-0.05, 0) is 18.4 Å². The Balaban J connectivity index is -0.0000000318. The van der Waals surface area contributed by atoms with Gasteiger partial charge in [-0.15, -0.1) is 12.1 Å². The van der Waals surface area contributed by atoms with Gasteiger partial charge in [-0.1, -0.05) is 50.7 Å². The third-order valence-electron chi connectivity index (χ3n) is 2.36. The van der Waals surface area contributed by atoms with E-state index in [9.17, 15) is 0 Å². The number of allylic oxidation sites excluding steroid dienone is 4. The van der Waals surface area contributed by atoms with Crippen molar-refractivity contribution in [3.8, 4) is 0 Å². The summed E-state index contributed by atoms with van der Waals surface area (Å²) in [6.45, 7) is 6.61. The third kappa shape index (κ3) is 26.5. The molecule has 0 amide bonds. The molecule has 0 spiro atoms. The maximum absolute atomic E-state index is 7.27. The molecule has 0 saturated carbocycles. The van der Waals surface area contributed by atoms with Gasteiger partial charge in [-0.2, -0.15) is 6.08 Å². The van der Waals surface area contributed by atoms with Gasteiger partial charge in [-0.25, -0.2) is 12.2 Å². The van der Waals surface area contributed by atoms with Crippen LogP contribution in [0.1, 0.15) is 34.6 Å². The molecule has 1 radical (unpaired) electrons. The zero-order valence-corrected chi connectivity index (χ0v) is 21.7. The molecule has 0 bridgehead atoms. The molecular weight excluding hydrogens is 473 g/mol. The summed E-state index contributed by atoms with van der Waals surface area (Å²) in [7, 11) is 0.750. The van der Waals surface area contributed by atoms with Crippen LogP contribution < -0.4 is 0 Å². The quantitative estimate of drug-likeness (QED) is 0.295. The first-order chi connectivity index (χ1) is 9.24. The van der Waals surface area contributed by atoms with Crippen LogP contribution in [0.3, 0.4) is 0 Å². The van der Waals surface area contributed by atoms with E-state index in [0.29, 0.717) is 5.69 Å². The predicted octanol–water partition coefficient (Wildman–Crippen LogP) is 7.56. The Labute approximate surface area is 178 Å². The Morgan fingerprint density at radius 2 is 1.58 bits per heavy atom. The second-order valence-electron chi connectivity index (χ2n) is 4.38. The molecule has 0 unspecified atom stereocenters. The van der Waals surface area contributed by atoms with E-state index >= 15 is 0 Å². The first-order valence-corrected chi connectivity index (χ1v) is 9.31. The van der Waals surface area contributed by atoms with E-state index in [1.54, 1.807) is 0 Å². The first-order valence-electron chi connectivity index (χ1n) is 7.00. The molecule has 0 fully saturated rings. The van der Waals surface area contributed by atoms with Gasteiger partial charge in [0.1, 0.15) is 0 Å².